The summed E-state index contributed by atoms with van der Waals surface area (Å²) in [5.74, 6) is 0.615. The molecular weight excluding hydrogens is 356 g/mol. The lowest BCUT2D eigenvalue weighted by Crippen LogP contribution is -2.40. The van der Waals surface area contributed by atoms with E-state index in [0.29, 0.717) is 18.2 Å². The Balaban J connectivity index is 0.00000324. The molecule has 0 fully saturated rings. The van der Waals surface area contributed by atoms with Crippen molar-refractivity contribution in [2.24, 2.45) is 4.99 Å². The van der Waals surface area contributed by atoms with E-state index < -0.39 is 0 Å². The van der Waals surface area contributed by atoms with Gasteiger partial charge >= 0.3 is 0 Å². The molecule has 1 aromatic carbocycles. The molecule has 0 spiro atoms. The zero-order valence-corrected chi connectivity index (χ0v) is 14.3. The number of aliphatic imine (C=N–C) groups is 1. The van der Waals surface area contributed by atoms with Gasteiger partial charge in [0, 0.05) is 12.6 Å². The Morgan fingerprint density at radius 1 is 1.37 bits per heavy atom. The molecule has 0 aromatic heterocycles. The number of rotatable bonds is 4. The van der Waals surface area contributed by atoms with Gasteiger partial charge < -0.3 is 10.6 Å². The zero-order valence-electron chi connectivity index (χ0n) is 12.0. The third-order valence-corrected chi connectivity index (χ3v) is 2.41. The fourth-order valence-corrected chi connectivity index (χ4v) is 1.57. The van der Waals surface area contributed by atoms with E-state index in [-0.39, 0.29) is 29.8 Å². The van der Waals surface area contributed by atoms with Crippen LogP contribution in [0.5, 0.6) is 0 Å². The second kappa shape index (κ2) is 9.12. The van der Waals surface area contributed by atoms with Gasteiger partial charge in [-0.15, -0.1) is 24.0 Å². The fraction of sp³-hybridized carbons (Fsp3) is 0.500. The van der Waals surface area contributed by atoms with Crippen LogP contribution in [0.15, 0.2) is 23.2 Å². The Kier molecular flexibility index (Phi) is 8.71. The molecule has 0 heterocycles. The van der Waals surface area contributed by atoms with E-state index in [2.05, 4.69) is 29.5 Å². The van der Waals surface area contributed by atoms with Gasteiger partial charge in [-0.25, -0.2) is 9.38 Å². The summed E-state index contributed by atoms with van der Waals surface area (Å²) in [7, 11) is 0. The second-order valence-corrected chi connectivity index (χ2v) is 4.58. The summed E-state index contributed by atoms with van der Waals surface area (Å²) in [4.78, 5) is 4.47. The molecule has 5 heteroatoms. The van der Waals surface area contributed by atoms with Gasteiger partial charge in [0.2, 0.25) is 0 Å². The van der Waals surface area contributed by atoms with Crippen LogP contribution in [0.1, 0.15) is 31.9 Å². The third-order valence-electron chi connectivity index (χ3n) is 2.41. The van der Waals surface area contributed by atoms with E-state index in [1.165, 1.54) is 6.07 Å². The summed E-state index contributed by atoms with van der Waals surface area (Å²) in [5, 5.41) is 6.42. The van der Waals surface area contributed by atoms with Gasteiger partial charge in [-0.05, 0) is 44.9 Å². The first-order chi connectivity index (χ1) is 8.52. The molecular formula is C14H23FIN3. The molecule has 1 aromatic rings. The normalized spacial score (nSPS) is 11.2. The molecule has 2 N–H and O–H groups in total. The van der Waals surface area contributed by atoms with Crippen LogP contribution in [0.25, 0.3) is 0 Å². The van der Waals surface area contributed by atoms with Crippen LogP contribution in [0.2, 0.25) is 0 Å². The van der Waals surface area contributed by atoms with E-state index in [1.807, 2.05) is 13.0 Å². The number of guanidine groups is 1. The Labute approximate surface area is 132 Å². The molecule has 0 aliphatic carbocycles. The van der Waals surface area contributed by atoms with Crippen LogP contribution < -0.4 is 10.6 Å². The molecule has 0 bridgehead atoms. The number of hydrogen-bond donors (Lipinski definition) is 2. The smallest absolute Gasteiger partial charge is 0.191 e. The molecule has 0 atom stereocenters. The van der Waals surface area contributed by atoms with Crippen molar-refractivity contribution >= 4 is 29.9 Å². The summed E-state index contributed by atoms with van der Waals surface area (Å²) >= 11 is 0. The first-order valence-electron chi connectivity index (χ1n) is 6.32. The summed E-state index contributed by atoms with van der Waals surface area (Å²) < 4.78 is 13.1. The highest BCUT2D eigenvalue weighted by atomic mass is 127. The van der Waals surface area contributed by atoms with Crippen molar-refractivity contribution in [3.05, 3.63) is 35.1 Å². The van der Waals surface area contributed by atoms with Gasteiger partial charge in [0.15, 0.2) is 5.96 Å². The standard InChI is InChI=1S/C14H22FN3.HI/c1-5-16-14(18-10(2)3)17-9-12-6-7-13(15)11(4)8-12;/h6-8,10H,5,9H2,1-4H3,(H2,16,17,18);1H. The minimum Gasteiger partial charge on any atom is -0.357 e. The molecule has 108 valence electrons. The Bertz CT molecular complexity index is 419. The molecule has 0 amide bonds. The SMILES string of the molecule is CCNC(=NCc1ccc(F)c(C)c1)NC(C)C.I. The van der Waals surface area contributed by atoms with Crippen molar-refractivity contribution in [3.63, 3.8) is 0 Å². The molecule has 19 heavy (non-hydrogen) atoms. The lowest BCUT2D eigenvalue weighted by molar-refractivity contribution is 0.617. The monoisotopic (exact) mass is 379 g/mol. The Hall–Kier alpha value is -0.850. The van der Waals surface area contributed by atoms with Gasteiger partial charge in [0.1, 0.15) is 5.82 Å². The van der Waals surface area contributed by atoms with Crippen molar-refractivity contribution in [1.82, 2.24) is 10.6 Å². The van der Waals surface area contributed by atoms with Gasteiger partial charge in [-0.1, -0.05) is 12.1 Å². The number of halogens is 2. The lowest BCUT2D eigenvalue weighted by Gasteiger charge is -2.14. The summed E-state index contributed by atoms with van der Waals surface area (Å²) in [6.07, 6.45) is 0. The Morgan fingerprint density at radius 3 is 2.58 bits per heavy atom. The molecule has 0 aliphatic rings. The van der Waals surface area contributed by atoms with Gasteiger partial charge in [0.25, 0.3) is 0 Å². The molecule has 1 rings (SSSR count). The second-order valence-electron chi connectivity index (χ2n) is 4.58. The highest BCUT2D eigenvalue weighted by Gasteiger charge is 2.01. The predicted octanol–water partition coefficient (Wildman–Crippen LogP) is 3.22. The summed E-state index contributed by atoms with van der Waals surface area (Å²) in [6, 6.07) is 5.42. The fourth-order valence-electron chi connectivity index (χ4n) is 1.57. The molecule has 0 saturated heterocycles. The van der Waals surface area contributed by atoms with E-state index >= 15 is 0 Å². The Morgan fingerprint density at radius 2 is 2.05 bits per heavy atom. The summed E-state index contributed by atoms with van der Waals surface area (Å²) in [6.45, 7) is 9.29. The van der Waals surface area contributed by atoms with E-state index in [0.717, 1.165) is 18.1 Å². The number of aryl methyl sites for hydroxylation is 1. The van der Waals surface area contributed by atoms with Gasteiger partial charge in [-0.3, -0.25) is 0 Å². The maximum absolute atomic E-state index is 13.1. The van der Waals surface area contributed by atoms with Crippen molar-refractivity contribution in [2.45, 2.75) is 40.3 Å². The average Bonchev–Trinajstić information content (AvgIpc) is 2.30. The lowest BCUT2D eigenvalue weighted by atomic mass is 10.1. The maximum Gasteiger partial charge on any atom is 0.191 e. The number of benzene rings is 1. The molecule has 0 unspecified atom stereocenters. The quantitative estimate of drug-likeness (QED) is 0.479. The first kappa shape index (κ1) is 18.1. The van der Waals surface area contributed by atoms with E-state index in [4.69, 9.17) is 0 Å². The highest BCUT2D eigenvalue weighted by molar-refractivity contribution is 14.0. The van der Waals surface area contributed by atoms with Crippen LogP contribution >= 0.6 is 24.0 Å². The highest BCUT2D eigenvalue weighted by Crippen LogP contribution is 2.09. The van der Waals surface area contributed by atoms with Gasteiger partial charge in [0.05, 0.1) is 6.54 Å². The predicted molar refractivity (Wildman–Crippen MR) is 89.6 cm³/mol. The maximum atomic E-state index is 13.1. The molecule has 0 saturated carbocycles. The largest absolute Gasteiger partial charge is 0.357 e. The van der Waals surface area contributed by atoms with Gasteiger partial charge in [-0.2, -0.15) is 0 Å². The van der Waals surface area contributed by atoms with Crippen molar-refractivity contribution in [1.29, 1.82) is 0 Å². The van der Waals surface area contributed by atoms with Crippen LogP contribution in [-0.2, 0) is 6.54 Å². The third kappa shape index (κ3) is 6.75. The minimum atomic E-state index is -0.171. The van der Waals surface area contributed by atoms with Crippen molar-refractivity contribution < 1.29 is 4.39 Å². The minimum absolute atomic E-state index is 0. The first-order valence-corrected chi connectivity index (χ1v) is 6.32. The average molecular weight is 379 g/mol. The van der Waals surface area contributed by atoms with Crippen LogP contribution in [0, 0.1) is 12.7 Å². The van der Waals surface area contributed by atoms with Crippen LogP contribution in [-0.4, -0.2) is 18.5 Å². The van der Waals surface area contributed by atoms with E-state index in [1.54, 1.807) is 13.0 Å². The van der Waals surface area contributed by atoms with Crippen molar-refractivity contribution in [2.75, 3.05) is 6.54 Å². The number of hydrogen-bond acceptors (Lipinski definition) is 1. The summed E-state index contributed by atoms with van der Waals surface area (Å²) in [5.41, 5.74) is 1.67. The number of nitrogens with one attached hydrogen (secondary N) is 2. The topological polar surface area (TPSA) is 36.4 Å². The molecule has 0 radical (unpaired) electrons. The number of nitrogens with zero attached hydrogens (tertiary/aromatic N) is 1. The molecule has 0 aliphatic heterocycles. The van der Waals surface area contributed by atoms with Crippen molar-refractivity contribution in [3.8, 4) is 0 Å². The zero-order chi connectivity index (χ0) is 13.5. The van der Waals surface area contributed by atoms with Crippen LogP contribution in [0.3, 0.4) is 0 Å². The van der Waals surface area contributed by atoms with Crippen LogP contribution in [0.4, 0.5) is 4.39 Å². The van der Waals surface area contributed by atoms with E-state index in [9.17, 15) is 4.39 Å². The molecule has 3 nitrogen and oxygen atoms in total.